The van der Waals surface area contributed by atoms with E-state index in [9.17, 15) is 8.42 Å². The van der Waals surface area contributed by atoms with E-state index in [0.717, 1.165) is 0 Å². The molecule has 0 aliphatic carbocycles. The lowest BCUT2D eigenvalue weighted by Crippen LogP contribution is -2.34. The molecule has 10 nitrogen and oxygen atoms in total. The molecule has 2 aromatic heterocycles. The van der Waals surface area contributed by atoms with Gasteiger partial charge in [0.05, 0.1) is 19.0 Å². The molecular formula is C18H24N6O4S. The summed E-state index contributed by atoms with van der Waals surface area (Å²) in [5, 5.41) is 12.7. The number of methoxy groups -OCH3 is 2. The van der Waals surface area contributed by atoms with Crippen molar-refractivity contribution in [2.75, 3.05) is 18.9 Å². The van der Waals surface area contributed by atoms with E-state index < -0.39 is 14.8 Å². The van der Waals surface area contributed by atoms with Gasteiger partial charge >= 0.3 is 0 Å². The van der Waals surface area contributed by atoms with Crippen LogP contribution in [-0.4, -0.2) is 51.9 Å². The fourth-order valence-electron chi connectivity index (χ4n) is 2.59. The Morgan fingerprint density at radius 1 is 1.03 bits per heavy atom. The number of aromatic nitrogens is 5. The third kappa shape index (κ3) is 3.77. The first-order valence-corrected chi connectivity index (χ1v) is 10.3. The van der Waals surface area contributed by atoms with Gasteiger partial charge in [0.25, 0.3) is 0 Å². The van der Waals surface area contributed by atoms with Gasteiger partial charge in [-0.05, 0) is 39.0 Å². The molecule has 11 heteroatoms. The highest BCUT2D eigenvalue weighted by Gasteiger charge is 2.32. The summed E-state index contributed by atoms with van der Waals surface area (Å²) >= 11 is 0. The van der Waals surface area contributed by atoms with E-state index in [1.54, 1.807) is 63.0 Å². The summed E-state index contributed by atoms with van der Waals surface area (Å²) in [5.41, 5.74) is 0.962. The molecule has 156 valence electrons. The van der Waals surface area contributed by atoms with Crippen molar-refractivity contribution in [1.82, 2.24) is 24.5 Å². The average molecular weight is 420 g/mol. The normalized spacial score (nSPS) is 12.1. The molecule has 0 saturated heterocycles. The Kier molecular flexibility index (Phi) is 5.26. The van der Waals surface area contributed by atoms with Crippen LogP contribution in [0.2, 0.25) is 0 Å². The SMILES string of the molecule is COc1cccc(OC)c1-n1c(NS(=O)(=O)C(C)(C)C)nnc1-c1ccn(C)n1. The minimum Gasteiger partial charge on any atom is -0.494 e. The summed E-state index contributed by atoms with van der Waals surface area (Å²) in [5.74, 6) is 1.25. The molecule has 0 amide bonds. The van der Waals surface area contributed by atoms with E-state index in [4.69, 9.17) is 9.47 Å². The van der Waals surface area contributed by atoms with Crippen molar-refractivity contribution >= 4 is 16.0 Å². The second-order valence-corrected chi connectivity index (χ2v) is 9.72. The van der Waals surface area contributed by atoms with E-state index in [0.29, 0.717) is 28.7 Å². The van der Waals surface area contributed by atoms with E-state index >= 15 is 0 Å². The Bertz CT molecular complexity index is 1110. The first-order valence-electron chi connectivity index (χ1n) is 8.78. The van der Waals surface area contributed by atoms with Crippen LogP contribution in [0.5, 0.6) is 11.5 Å². The molecule has 3 rings (SSSR count). The number of hydrogen-bond acceptors (Lipinski definition) is 7. The first kappa shape index (κ1) is 20.6. The van der Waals surface area contributed by atoms with Gasteiger partial charge in [0.15, 0.2) is 5.82 Å². The number of para-hydroxylation sites is 1. The summed E-state index contributed by atoms with van der Waals surface area (Å²) < 4.78 is 41.2. The van der Waals surface area contributed by atoms with Crippen molar-refractivity contribution in [3.8, 4) is 28.7 Å². The zero-order valence-corrected chi connectivity index (χ0v) is 18.0. The van der Waals surface area contributed by atoms with E-state index in [1.807, 2.05) is 0 Å². The van der Waals surface area contributed by atoms with Crippen LogP contribution in [0.3, 0.4) is 0 Å². The van der Waals surface area contributed by atoms with Gasteiger partial charge in [-0.15, -0.1) is 10.2 Å². The van der Waals surface area contributed by atoms with Crippen LogP contribution in [0.15, 0.2) is 30.5 Å². The van der Waals surface area contributed by atoms with E-state index in [1.165, 1.54) is 18.8 Å². The van der Waals surface area contributed by atoms with Gasteiger partial charge in [-0.1, -0.05) is 6.07 Å². The van der Waals surface area contributed by atoms with Gasteiger partial charge in [0.1, 0.15) is 22.9 Å². The second-order valence-electron chi connectivity index (χ2n) is 7.29. The molecule has 0 fully saturated rings. The topological polar surface area (TPSA) is 113 Å². The van der Waals surface area contributed by atoms with Crippen LogP contribution in [0.1, 0.15) is 20.8 Å². The minimum atomic E-state index is -3.76. The Morgan fingerprint density at radius 3 is 2.14 bits per heavy atom. The summed E-state index contributed by atoms with van der Waals surface area (Å²) in [6.07, 6.45) is 1.76. The van der Waals surface area contributed by atoms with Crippen LogP contribution in [-0.2, 0) is 17.1 Å². The fraction of sp³-hybridized carbons (Fsp3) is 0.389. The molecule has 0 bridgehead atoms. The van der Waals surface area contributed by atoms with Crippen molar-refractivity contribution in [2.24, 2.45) is 7.05 Å². The van der Waals surface area contributed by atoms with Gasteiger partial charge in [-0.25, -0.2) is 8.42 Å². The highest BCUT2D eigenvalue weighted by atomic mass is 32.2. The molecule has 1 N–H and O–H groups in total. The largest absolute Gasteiger partial charge is 0.494 e. The Balaban J connectivity index is 2.31. The number of nitrogens with zero attached hydrogens (tertiary/aromatic N) is 5. The van der Waals surface area contributed by atoms with Crippen LogP contribution in [0.25, 0.3) is 17.2 Å². The summed E-state index contributed by atoms with van der Waals surface area (Å²) in [7, 11) is 1.04. The predicted octanol–water partition coefficient (Wildman–Crippen LogP) is 2.23. The monoisotopic (exact) mass is 420 g/mol. The first-order chi connectivity index (χ1) is 13.6. The maximum absolute atomic E-state index is 12.8. The number of hydrogen-bond donors (Lipinski definition) is 1. The number of nitrogens with one attached hydrogen (secondary N) is 1. The lowest BCUT2D eigenvalue weighted by atomic mass is 10.2. The third-order valence-corrected chi connectivity index (χ3v) is 6.33. The molecule has 29 heavy (non-hydrogen) atoms. The fourth-order valence-corrected chi connectivity index (χ4v) is 3.27. The Labute approximate surface area is 169 Å². The summed E-state index contributed by atoms with van der Waals surface area (Å²) in [6, 6.07) is 7.00. The minimum absolute atomic E-state index is 0.00313. The number of anilines is 1. The highest BCUT2D eigenvalue weighted by molar-refractivity contribution is 7.94. The molecule has 0 aliphatic heterocycles. The molecule has 0 aliphatic rings. The highest BCUT2D eigenvalue weighted by Crippen LogP contribution is 2.37. The zero-order valence-electron chi connectivity index (χ0n) is 17.2. The number of rotatable bonds is 6. The molecular weight excluding hydrogens is 396 g/mol. The van der Waals surface area contributed by atoms with Crippen molar-refractivity contribution in [1.29, 1.82) is 0 Å². The zero-order chi connectivity index (χ0) is 21.4. The molecule has 1 aromatic carbocycles. The van der Waals surface area contributed by atoms with Crippen molar-refractivity contribution in [3.05, 3.63) is 30.5 Å². The van der Waals surface area contributed by atoms with Gasteiger partial charge < -0.3 is 9.47 Å². The molecule has 3 aromatic rings. The summed E-state index contributed by atoms with van der Waals surface area (Å²) in [6.45, 7) is 4.79. The smallest absolute Gasteiger partial charge is 0.243 e. The summed E-state index contributed by atoms with van der Waals surface area (Å²) in [4.78, 5) is 0. The molecule has 0 saturated carbocycles. The van der Waals surface area contributed by atoms with Crippen LogP contribution in [0, 0.1) is 0 Å². The van der Waals surface area contributed by atoms with Crippen molar-refractivity contribution in [2.45, 2.75) is 25.5 Å². The standard InChI is InChI=1S/C18H24N6O4S/c1-18(2,3)29(25,26)22-17-20-19-16(12-10-11-23(4)21-12)24(17)15-13(27-5)8-7-9-14(15)28-6/h7-11H,1-6H3,(H,20,22). The molecule has 0 radical (unpaired) electrons. The predicted molar refractivity (Wildman–Crippen MR) is 109 cm³/mol. The quantitative estimate of drug-likeness (QED) is 0.650. The van der Waals surface area contributed by atoms with Crippen LogP contribution >= 0.6 is 0 Å². The van der Waals surface area contributed by atoms with Crippen LogP contribution < -0.4 is 14.2 Å². The molecule has 2 heterocycles. The number of aryl methyl sites for hydroxylation is 1. The molecule has 0 atom stereocenters. The van der Waals surface area contributed by atoms with Gasteiger partial charge in [0.2, 0.25) is 16.0 Å². The lowest BCUT2D eigenvalue weighted by Gasteiger charge is -2.21. The van der Waals surface area contributed by atoms with Crippen molar-refractivity contribution in [3.63, 3.8) is 0 Å². The van der Waals surface area contributed by atoms with Crippen LogP contribution in [0.4, 0.5) is 5.95 Å². The van der Waals surface area contributed by atoms with E-state index in [2.05, 4.69) is 20.0 Å². The number of sulfonamides is 1. The maximum atomic E-state index is 12.8. The van der Waals surface area contributed by atoms with Gasteiger partial charge in [0, 0.05) is 13.2 Å². The van der Waals surface area contributed by atoms with Gasteiger partial charge in [-0.2, -0.15) is 5.10 Å². The number of benzene rings is 1. The maximum Gasteiger partial charge on any atom is 0.243 e. The van der Waals surface area contributed by atoms with E-state index in [-0.39, 0.29) is 5.95 Å². The molecule has 0 spiro atoms. The third-order valence-electron chi connectivity index (χ3n) is 4.26. The van der Waals surface area contributed by atoms with Crippen molar-refractivity contribution < 1.29 is 17.9 Å². The van der Waals surface area contributed by atoms with Gasteiger partial charge in [-0.3, -0.25) is 14.0 Å². The lowest BCUT2D eigenvalue weighted by molar-refractivity contribution is 0.391. The molecule has 0 unspecified atom stereocenters. The second kappa shape index (κ2) is 7.39. The Morgan fingerprint density at radius 2 is 1.66 bits per heavy atom. The Hall–Kier alpha value is -3.08. The average Bonchev–Trinajstić information content (AvgIpc) is 3.25. The number of ether oxygens (including phenoxy) is 2.